The Bertz CT molecular complexity index is 214. The van der Waals surface area contributed by atoms with E-state index in [0.717, 1.165) is 0 Å². The predicted octanol–water partition coefficient (Wildman–Crippen LogP) is 0.842. The van der Waals surface area contributed by atoms with Gasteiger partial charge in [-0.3, -0.25) is 0 Å². The molecule has 2 N–H and O–H groups in total. The molecular formula is C8H15NO4. The number of alkyl carbamates (subject to hydrolysis) is 1. The van der Waals surface area contributed by atoms with Crippen LogP contribution in [0.25, 0.3) is 0 Å². The Balaban J connectivity index is 4.61. The first-order valence-electron chi connectivity index (χ1n) is 3.94. The lowest BCUT2D eigenvalue weighted by Crippen LogP contribution is -2.55. The van der Waals surface area contributed by atoms with E-state index in [1.165, 1.54) is 14.0 Å². The van der Waals surface area contributed by atoms with Crippen LogP contribution in [0.3, 0.4) is 0 Å². The molecule has 0 aromatic heterocycles. The highest BCUT2D eigenvalue weighted by Gasteiger charge is 2.38. The molecule has 5 heteroatoms. The van der Waals surface area contributed by atoms with E-state index < -0.39 is 17.6 Å². The fraction of sp³-hybridized carbons (Fsp3) is 0.750. The van der Waals surface area contributed by atoms with Gasteiger partial charge in [0.2, 0.25) is 0 Å². The van der Waals surface area contributed by atoms with Crippen LogP contribution < -0.4 is 5.32 Å². The molecule has 76 valence electrons. The number of amides is 1. The summed E-state index contributed by atoms with van der Waals surface area (Å²) in [5.74, 6) is -1.29. The zero-order valence-corrected chi connectivity index (χ0v) is 8.25. The number of nitrogens with one attached hydrogen (secondary N) is 1. The summed E-state index contributed by atoms with van der Waals surface area (Å²) in [6.07, 6.45) is -0.737. The predicted molar refractivity (Wildman–Crippen MR) is 46.4 cm³/mol. The first-order valence-corrected chi connectivity index (χ1v) is 3.94. The lowest BCUT2D eigenvalue weighted by atomic mass is 9.89. The highest BCUT2D eigenvalue weighted by molar-refractivity contribution is 5.84. The first kappa shape index (κ1) is 11.7. The number of ether oxygens (including phenoxy) is 1. The van der Waals surface area contributed by atoms with Crippen molar-refractivity contribution in [1.82, 2.24) is 5.32 Å². The molecule has 1 amide bonds. The average Bonchev–Trinajstić information content (AvgIpc) is 2.03. The number of hydrogen-bond donors (Lipinski definition) is 2. The number of carbonyl (C=O) groups is 2. The van der Waals surface area contributed by atoms with Crippen LogP contribution in [-0.2, 0) is 9.53 Å². The molecule has 0 aliphatic heterocycles. The van der Waals surface area contributed by atoms with Gasteiger partial charge in [-0.2, -0.15) is 0 Å². The van der Waals surface area contributed by atoms with Crippen molar-refractivity contribution in [3.63, 3.8) is 0 Å². The number of methoxy groups -OCH3 is 1. The lowest BCUT2D eigenvalue weighted by molar-refractivity contribution is -0.145. The van der Waals surface area contributed by atoms with Gasteiger partial charge in [-0.05, 0) is 12.8 Å². The zero-order valence-electron chi connectivity index (χ0n) is 8.25. The standard InChI is InChI=1S/C8H15NO4/c1-5(2)8(3,6(10)11)9-7(12)13-4/h5H,1-4H3,(H,9,12)(H,10,11)/t8-/m1/s1. The second kappa shape index (κ2) is 4.11. The van der Waals surface area contributed by atoms with Gasteiger partial charge >= 0.3 is 12.1 Å². The largest absolute Gasteiger partial charge is 0.480 e. The maximum absolute atomic E-state index is 10.8. The minimum atomic E-state index is -1.28. The Morgan fingerprint density at radius 3 is 2.15 bits per heavy atom. The topological polar surface area (TPSA) is 75.6 Å². The molecule has 0 unspecified atom stereocenters. The molecule has 0 aliphatic rings. The number of carboxylic acids is 1. The van der Waals surface area contributed by atoms with Crippen LogP contribution >= 0.6 is 0 Å². The van der Waals surface area contributed by atoms with Crippen molar-refractivity contribution >= 4 is 12.1 Å². The fourth-order valence-corrected chi connectivity index (χ4v) is 0.708. The van der Waals surface area contributed by atoms with Gasteiger partial charge in [-0.25, -0.2) is 9.59 Å². The van der Waals surface area contributed by atoms with Gasteiger partial charge in [-0.15, -0.1) is 0 Å². The number of carboxylic acid groups (broad SMARTS) is 1. The Morgan fingerprint density at radius 2 is 1.92 bits per heavy atom. The molecule has 0 aromatic carbocycles. The average molecular weight is 189 g/mol. The molecule has 0 fully saturated rings. The van der Waals surface area contributed by atoms with Crippen molar-refractivity contribution < 1.29 is 19.4 Å². The van der Waals surface area contributed by atoms with Crippen LogP contribution in [0.4, 0.5) is 4.79 Å². The second-order valence-corrected chi connectivity index (χ2v) is 3.28. The van der Waals surface area contributed by atoms with Crippen molar-refractivity contribution in [2.45, 2.75) is 26.3 Å². The monoisotopic (exact) mass is 189 g/mol. The molecule has 0 saturated heterocycles. The fourth-order valence-electron chi connectivity index (χ4n) is 0.708. The second-order valence-electron chi connectivity index (χ2n) is 3.28. The third kappa shape index (κ3) is 2.61. The molecule has 0 bridgehead atoms. The molecule has 0 rings (SSSR count). The van der Waals surface area contributed by atoms with Crippen LogP contribution in [0.5, 0.6) is 0 Å². The smallest absolute Gasteiger partial charge is 0.407 e. The summed E-state index contributed by atoms with van der Waals surface area (Å²) in [7, 11) is 1.19. The normalized spacial score (nSPS) is 14.8. The Hall–Kier alpha value is -1.26. The quantitative estimate of drug-likeness (QED) is 0.689. The van der Waals surface area contributed by atoms with Crippen molar-refractivity contribution in [1.29, 1.82) is 0 Å². The zero-order chi connectivity index (χ0) is 10.6. The number of rotatable bonds is 3. The molecule has 0 radical (unpaired) electrons. The summed E-state index contributed by atoms with van der Waals surface area (Å²) in [5, 5.41) is 11.2. The van der Waals surface area contributed by atoms with Gasteiger partial charge in [-0.1, -0.05) is 13.8 Å². The SMILES string of the molecule is COC(=O)N[C@@](C)(C(=O)O)C(C)C. The highest BCUT2D eigenvalue weighted by Crippen LogP contribution is 2.16. The summed E-state index contributed by atoms with van der Waals surface area (Å²) in [6, 6.07) is 0. The van der Waals surface area contributed by atoms with Gasteiger partial charge in [0, 0.05) is 0 Å². The molecule has 0 aromatic rings. The van der Waals surface area contributed by atoms with Crippen molar-refractivity contribution in [3.05, 3.63) is 0 Å². The van der Waals surface area contributed by atoms with E-state index in [4.69, 9.17) is 5.11 Å². The van der Waals surface area contributed by atoms with Gasteiger partial charge in [0.25, 0.3) is 0 Å². The molecule has 0 saturated carbocycles. The summed E-state index contributed by atoms with van der Waals surface area (Å²) in [4.78, 5) is 21.7. The molecule has 0 aliphatic carbocycles. The van der Waals surface area contributed by atoms with E-state index in [1.807, 2.05) is 0 Å². The summed E-state index contributed by atoms with van der Waals surface area (Å²) < 4.78 is 4.33. The van der Waals surface area contributed by atoms with Gasteiger partial charge in [0.15, 0.2) is 0 Å². The molecular weight excluding hydrogens is 174 g/mol. The Labute approximate surface area is 77.1 Å². The van der Waals surface area contributed by atoms with Crippen LogP contribution in [0, 0.1) is 5.92 Å². The Kier molecular flexibility index (Phi) is 3.71. The molecule has 1 atom stereocenters. The minimum absolute atomic E-state index is 0.218. The van der Waals surface area contributed by atoms with E-state index in [1.54, 1.807) is 13.8 Å². The van der Waals surface area contributed by atoms with Crippen LogP contribution in [0.15, 0.2) is 0 Å². The van der Waals surface area contributed by atoms with Gasteiger partial charge < -0.3 is 15.2 Å². The number of hydrogen-bond acceptors (Lipinski definition) is 3. The lowest BCUT2D eigenvalue weighted by Gasteiger charge is -2.29. The molecule has 13 heavy (non-hydrogen) atoms. The van der Waals surface area contributed by atoms with E-state index >= 15 is 0 Å². The van der Waals surface area contributed by atoms with Crippen LogP contribution in [0.1, 0.15) is 20.8 Å². The maximum Gasteiger partial charge on any atom is 0.407 e. The summed E-state index contributed by atoms with van der Waals surface area (Å²) in [5.41, 5.74) is -1.28. The minimum Gasteiger partial charge on any atom is -0.480 e. The van der Waals surface area contributed by atoms with Crippen molar-refractivity contribution in [2.75, 3.05) is 7.11 Å². The third-order valence-corrected chi connectivity index (χ3v) is 2.15. The number of carbonyl (C=O) groups excluding carboxylic acids is 1. The first-order chi connectivity index (χ1) is 5.84. The molecule has 0 spiro atoms. The van der Waals surface area contributed by atoms with Gasteiger partial charge in [0.1, 0.15) is 5.54 Å². The Morgan fingerprint density at radius 1 is 1.46 bits per heavy atom. The van der Waals surface area contributed by atoms with E-state index in [-0.39, 0.29) is 5.92 Å². The van der Waals surface area contributed by atoms with Crippen molar-refractivity contribution in [2.24, 2.45) is 5.92 Å². The summed E-state index contributed by atoms with van der Waals surface area (Å²) in [6.45, 7) is 4.87. The van der Waals surface area contributed by atoms with Crippen molar-refractivity contribution in [3.8, 4) is 0 Å². The number of aliphatic carboxylic acids is 1. The van der Waals surface area contributed by atoms with E-state index in [0.29, 0.717) is 0 Å². The maximum atomic E-state index is 10.8. The van der Waals surface area contributed by atoms with E-state index in [9.17, 15) is 9.59 Å². The van der Waals surface area contributed by atoms with Crippen LogP contribution in [0.2, 0.25) is 0 Å². The third-order valence-electron chi connectivity index (χ3n) is 2.15. The van der Waals surface area contributed by atoms with Gasteiger partial charge in [0.05, 0.1) is 7.11 Å². The molecule has 0 heterocycles. The summed E-state index contributed by atoms with van der Waals surface area (Å²) >= 11 is 0. The molecule has 5 nitrogen and oxygen atoms in total. The van der Waals surface area contributed by atoms with E-state index in [2.05, 4.69) is 10.1 Å². The highest BCUT2D eigenvalue weighted by atomic mass is 16.5. The van der Waals surface area contributed by atoms with Crippen LogP contribution in [-0.4, -0.2) is 29.8 Å².